The summed E-state index contributed by atoms with van der Waals surface area (Å²) < 4.78 is 7.16. The third-order valence-corrected chi connectivity index (χ3v) is 5.68. The van der Waals surface area contributed by atoms with Gasteiger partial charge >= 0.3 is 11.9 Å². The summed E-state index contributed by atoms with van der Waals surface area (Å²) in [4.78, 5) is 45.0. The van der Waals surface area contributed by atoms with Gasteiger partial charge in [-0.25, -0.2) is 14.6 Å². The van der Waals surface area contributed by atoms with Crippen LogP contribution in [-0.2, 0) is 25.7 Å². The van der Waals surface area contributed by atoms with Crippen LogP contribution in [0.1, 0.15) is 26.7 Å². The third kappa shape index (κ3) is 7.48. The number of nitriles is 1. The number of carboxylic acid groups (broad SMARTS) is 1. The molecule has 1 aliphatic rings. The molecule has 0 aromatic carbocycles. The minimum atomic E-state index is -1.27. The maximum absolute atomic E-state index is 12.8. The van der Waals surface area contributed by atoms with E-state index in [4.69, 9.17) is 9.84 Å². The molecule has 0 spiro atoms. The fourth-order valence-corrected chi connectivity index (χ4v) is 3.68. The van der Waals surface area contributed by atoms with Gasteiger partial charge in [-0.15, -0.1) is 0 Å². The molecule has 0 aliphatic carbocycles. The first-order chi connectivity index (χ1) is 16.7. The van der Waals surface area contributed by atoms with E-state index in [2.05, 4.69) is 21.4 Å². The topological polar surface area (TPSA) is 150 Å². The molecule has 2 atom stereocenters. The second-order valence-corrected chi connectivity index (χ2v) is 8.88. The fourth-order valence-electron chi connectivity index (χ4n) is 3.68. The summed E-state index contributed by atoms with van der Waals surface area (Å²) in [5.41, 5.74) is 1.40. The Bertz CT molecular complexity index is 1120. The molecule has 0 radical (unpaired) electrons. The predicted molar refractivity (Wildman–Crippen MR) is 125 cm³/mol. The number of nitrogens with one attached hydrogen (secondary N) is 1. The van der Waals surface area contributed by atoms with Crippen LogP contribution in [0.2, 0.25) is 0 Å². The smallest absolute Gasteiger partial charge is 0.331 e. The Kier molecular flexibility index (Phi) is 8.33. The van der Waals surface area contributed by atoms with E-state index in [-0.39, 0.29) is 31.0 Å². The number of ether oxygens (including phenoxy) is 1. The van der Waals surface area contributed by atoms with Gasteiger partial charge in [-0.2, -0.15) is 5.26 Å². The second-order valence-electron chi connectivity index (χ2n) is 8.88. The highest BCUT2D eigenvalue weighted by Crippen LogP contribution is 2.21. The SMILES string of the molecule is CC(C)(CCn1cnc(-c2cccnc2)c1)NCC(=O)N1CC(OC(=O)/C=C/C(=O)O)C[C@H]1C#N. The molecule has 11 nitrogen and oxygen atoms in total. The number of imidazole rings is 1. The lowest BCUT2D eigenvalue weighted by atomic mass is 10.0. The zero-order valence-electron chi connectivity index (χ0n) is 19.6. The van der Waals surface area contributed by atoms with Gasteiger partial charge in [0.05, 0.1) is 31.2 Å². The standard InChI is InChI=1S/C24H28N6O5/c1-24(2,7-9-29-15-20(27-16-29)17-4-3-8-26-12-17)28-13-21(31)30-14-19(10-18(30)11-25)35-23(34)6-5-22(32)33/h3-6,8,12,15-16,18-19,28H,7,9-10,13-14H2,1-2H3,(H,32,33)/b6-5+/t18-,19?/m0/s1. The van der Waals surface area contributed by atoms with Crippen LogP contribution >= 0.6 is 0 Å². The lowest BCUT2D eigenvalue weighted by molar-refractivity contribution is -0.144. The van der Waals surface area contributed by atoms with Gasteiger partial charge in [0, 0.05) is 54.8 Å². The van der Waals surface area contributed by atoms with Crippen LogP contribution in [0.25, 0.3) is 11.3 Å². The molecular weight excluding hydrogens is 452 g/mol. The zero-order chi connectivity index (χ0) is 25.4. The minimum absolute atomic E-state index is 0.0234. The molecule has 1 amide bonds. The average molecular weight is 481 g/mol. The van der Waals surface area contributed by atoms with Gasteiger partial charge in [0.15, 0.2) is 0 Å². The number of aryl methyl sites for hydroxylation is 1. The van der Waals surface area contributed by atoms with Crippen molar-refractivity contribution in [2.75, 3.05) is 13.1 Å². The molecular formula is C24H28N6O5. The zero-order valence-corrected chi connectivity index (χ0v) is 19.6. The number of carbonyl (C=O) groups is 3. The summed E-state index contributed by atoms with van der Waals surface area (Å²) in [6.45, 7) is 4.77. The van der Waals surface area contributed by atoms with E-state index in [9.17, 15) is 19.6 Å². The highest BCUT2D eigenvalue weighted by molar-refractivity contribution is 5.90. The summed E-state index contributed by atoms with van der Waals surface area (Å²) in [5.74, 6) is -2.37. The van der Waals surface area contributed by atoms with Crippen molar-refractivity contribution in [2.45, 2.75) is 50.9 Å². The Morgan fingerprint density at radius 1 is 1.37 bits per heavy atom. The van der Waals surface area contributed by atoms with E-state index >= 15 is 0 Å². The first-order valence-corrected chi connectivity index (χ1v) is 11.1. The normalized spacial score (nSPS) is 17.9. The molecule has 0 saturated carbocycles. The number of carboxylic acids is 1. The summed E-state index contributed by atoms with van der Waals surface area (Å²) in [5, 5.41) is 21.3. The first-order valence-electron chi connectivity index (χ1n) is 11.1. The van der Waals surface area contributed by atoms with Gasteiger partial charge in [-0.3, -0.25) is 9.78 Å². The van der Waals surface area contributed by atoms with Crippen molar-refractivity contribution in [3.05, 3.63) is 49.2 Å². The molecule has 2 aromatic heterocycles. The van der Waals surface area contributed by atoms with E-state index in [0.29, 0.717) is 12.6 Å². The average Bonchev–Trinajstić information content (AvgIpc) is 3.48. The van der Waals surface area contributed by atoms with E-state index in [1.165, 1.54) is 4.90 Å². The number of esters is 1. The number of likely N-dealkylation sites (tertiary alicyclic amines) is 1. The Morgan fingerprint density at radius 3 is 2.86 bits per heavy atom. The quantitative estimate of drug-likeness (QED) is 0.380. The van der Waals surface area contributed by atoms with Gasteiger partial charge < -0.3 is 24.6 Å². The molecule has 2 aromatic rings. The molecule has 0 bridgehead atoms. The summed E-state index contributed by atoms with van der Waals surface area (Å²) >= 11 is 0. The molecule has 35 heavy (non-hydrogen) atoms. The largest absolute Gasteiger partial charge is 0.478 e. The van der Waals surface area contributed by atoms with Crippen molar-refractivity contribution in [3.63, 3.8) is 0 Å². The van der Waals surface area contributed by atoms with E-state index in [0.717, 1.165) is 23.8 Å². The van der Waals surface area contributed by atoms with E-state index in [1.54, 1.807) is 18.7 Å². The van der Waals surface area contributed by atoms with Crippen molar-refractivity contribution in [3.8, 4) is 17.3 Å². The Morgan fingerprint density at radius 2 is 2.17 bits per heavy atom. The fraction of sp³-hybridized carbons (Fsp3) is 0.417. The molecule has 3 heterocycles. The molecule has 11 heteroatoms. The van der Waals surface area contributed by atoms with Crippen LogP contribution in [0.4, 0.5) is 0 Å². The molecule has 1 unspecified atom stereocenters. The number of rotatable bonds is 10. The highest BCUT2D eigenvalue weighted by atomic mass is 16.5. The van der Waals surface area contributed by atoms with Crippen molar-refractivity contribution in [1.82, 2.24) is 24.8 Å². The Balaban J connectivity index is 1.48. The third-order valence-electron chi connectivity index (χ3n) is 5.68. The Labute approximate surface area is 203 Å². The molecule has 1 fully saturated rings. The van der Waals surface area contributed by atoms with Crippen molar-refractivity contribution in [1.29, 1.82) is 5.26 Å². The number of carbonyl (C=O) groups excluding carboxylic acids is 2. The maximum Gasteiger partial charge on any atom is 0.331 e. The molecule has 184 valence electrons. The van der Waals surface area contributed by atoms with Crippen molar-refractivity contribution < 1.29 is 24.2 Å². The maximum atomic E-state index is 12.8. The highest BCUT2D eigenvalue weighted by Gasteiger charge is 2.37. The number of aromatic nitrogens is 3. The minimum Gasteiger partial charge on any atom is -0.478 e. The van der Waals surface area contributed by atoms with Gasteiger partial charge in [-0.05, 0) is 32.4 Å². The van der Waals surface area contributed by atoms with Gasteiger partial charge in [0.2, 0.25) is 5.91 Å². The lowest BCUT2D eigenvalue weighted by Crippen LogP contribution is -2.48. The van der Waals surface area contributed by atoms with Crippen LogP contribution in [0.15, 0.2) is 49.2 Å². The number of hydrogen-bond donors (Lipinski definition) is 2. The second kappa shape index (κ2) is 11.4. The van der Waals surface area contributed by atoms with Gasteiger partial charge in [0.25, 0.3) is 0 Å². The first kappa shape index (κ1) is 25.6. The number of hydrogen-bond acceptors (Lipinski definition) is 8. The summed E-state index contributed by atoms with van der Waals surface area (Å²) in [7, 11) is 0. The van der Waals surface area contributed by atoms with Crippen molar-refractivity contribution >= 4 is 17.8 Å². The van der Waals surface area contributed by atoms with Gasteiger partial charge in [0.1, 0.15) is 12.1 Å². The number of nitrogens with zero attached hydrogens (tertiary/aromatic N) is 5. The van der Waals surface area contributed by atoms with Crippen LogP contribution in [0, 0.1) is 11.3 Å². The van der Waals surface area contributed by atoms with Crippen LogP contribution in [0.5, 0.6) is 0 Å². The monoisotopic (exact) mass is 480 g/mol. The van der Waals surface area contributed by atoms with Crippen LogP contribution < -0.4 is 5.32 Å². The van der Waals surface area contributed by atoms with Gasteiger partial charge in [-0.1, -0.05) is 0 Å². The molecule has 3 rings (SSSR count). The lowest BCUT2D eigenvalue weighted by Gasteiger charge is -2.28. The predicted octanol–water partition coefficient (Wildman–Crippen LogP) is 1.38. The molecule has 2 N–H and O–H groups in total. The molecule has 1 aliphatic heterocycles. The summed E-state index contributed by atoms with van der Waals surface area (Å²) in [6.07, 6.45) is 8.90. The van der Waals surface area contributed by atoms with E-state index in [1.807, 2.05) is 36.7 Å². The number of amides is 1. The Hall–Kier alpha value is -4.04. The van der Waals surface area contributed by atoms with Crippen LogP contribution in [0.3, 0.4) is 0 Å². The summed E-state index contributed by atoms with van der Waals surface area (Å²) in [6, 6.07) is 5.16. The number of aliphatic carboxylic acids is 1. The van der Waals surface area contributed by atoms with Crippen LogP contribution in [-0.4, -0.2) is 73.2 Å². The van der Waals surface area contributed by atoms with Crippen molar-refractivity contribution in [2.24, 2.45) is 0 Å². The van der Waals surface area contributed by atoms with E-state index < -0.39 is 24.1 Å². The number of pyridine rings is 1. The molecule has 1 saturated heterocycles.